The summed E-state index contributed by atoms with van der Waals surface area (Å²) >= 11 is 1.19. The highest BCUT2D eigenvalue weighted by atomic mass is 32.1. The molecule has 1 atom stereocenters. The maximum absolute atomic E-state index is 11.8. The molecular weight excluding hydrogens is 270 g/mol. The van der Waals surface area contributed by atoms with Gasteiger partial charge in [-0.25, -0.2) is 14.6 Å². The van der Waals surface area contributed by atoms with Gasteiger partial charge in [-0.05, 0) is 13.3 Å². The van der Waals surface area contributed by atoms with Gasteiger partial charge >= 0.3 is 12.0 Å². The summed E-state index contributed by atoms with van der Waals surface area (Å²) in [5, 5.41) is 22.2. The molecule has 1 aromatic rings. The first-order chi connectivity index (χ1) is 8.95. The van der Waals surface area contributed by atoms with Gasteiger partial charge in [0.2, 0.25) is 0 Å². The molecule has 1 unspecified atom stereocenters. The van der Waals surface area contributed by atoms with Crippen LogP contribution in [0.15, 0.2) is 5.38 Å². The molecule has 3 N–H and O–H groups in total. The summed E-state index contributed by atoms with van der Waals surface area (Å²) in [6.45, 7) is 2.22. The van der Waals surface area contributed by atoms with Gasteiger partial charge in [0.15, 0.2) is 5.69 Å². The van der Waals surface area contributed by atoms with Gasteiger partial charge in [-0.3, -0.25) is 0 Å². The van der Waals surface area contributed by atoms with Gasteiger partial charge in [-0.1, -0.05) is 0 Å². The topological polar surface area (TPSA) is 103 Å². The Kier molecular flexibility index (Phi) is 5.71. The smallest absolute Gasteiger partial charge is 0.355 e. The molecule has 8 heteroatoms. The Hall–Kier alpha value is -1.67. The van der Waals surface area contributed by atoms with Crippen LogP contribution >= 0.6 is 11.3 Å². The van der Waals surface area contributed by atoms with E-state index < -0.39 is 5.97 Å². The highest BCUT2D eigenvalue weighted by molar-refractivity contribution is 7.09. The lowest BCUT2D eigenvalue weighted by Crippen LogP contribution is -2.39. The number of urea groups is 1. The molecule has 0 spiro atoms. The van der Waals surface area contributed by atoms with Crippen molar-refractivity contribution >= 4 is 23.3 Å². The van der Waals surface area contributed by atoms with Gasteiger partial charge < -0.3 is 20.4 Å². The molecule has 7 nitrogen and oxygen atoms in total. The number of amides is 2. The maximum Gasteiger partial charge on any atom is 0.355 e. The van der Waals surface area contributed by atoms with E-state index in [0.29, 0.717) is 18.0 Å². The van der Waals surface area contributed by atoms with Crippen LogP contribution in [0.2, 0.25) is 0 Å². The number of aliphatic hydroxyl groups is 1. The molecule has 1 heterocycles. The van der Waals surface area contributed by atoms with E-state index in [1.807, 2.05) is 0 Å². The van der Waals surface area contributed by atoms with Crippen molar-refractivity contribution in [1.29, 1.82) is 0 Å². The van der Waals surface area contributed by atoms with Gasteiger partial charge in [0.1, 0.15) is 5.01 Å². The Labute approximate surface area is 114 Å². The van der Waals surface area contributed by atoms with Crippen molar-refractivity contribution in [1.82, 2.24) is 15.2 Å². The third-order valence-corrected chi connectivity index (χ3v) is 3.48. The fourth-order valence-electron chi connectivity index (χ4n) is 1.35. The van der Waals surface area contributed by atoms with Crippen LogP contribution in [0.4, 0.5) is 4.79 Å². The zero-order chi connectivity index (χ0) is 14.4. The number of nitrogens with one attached hydrogen (secondary N) is 1. The van der Waals surface area contributed by atoms with E-state index in [-0.39, 0.29) is 24.4 Å². The predicted molar refractivity (Wildman–Crippen MR) is 70.4 cm³/mol. The second-order valence-corrected chi connectivity index (χ2v) is 4.94. The standard InChI is InChI=1S/C11H17N3O4S/c1-7(9-13-8(6-19-9)10(16)17)12-11(18)14(2)4-3-5-15/h6-7,15H,3-5H2,1-2H3,(H,12,18)(H,16,17). The van der Waals surface area contributed by atoms with Crippen molar-refractivity contribution in [2.45, 2.75) is 19.4 Å². The predicted octanol–water partition coefficient (Wildman–Crippen LogP) is 0.926. The van der Waals surface area contributed by atoms with Crippen molar-refractivity contribution in [2.75, 3.05) is 20.2 Å². The fraction of sp³-hybridized carbons (Fsp3) is 0.545. The SMILES string of the molecule is CC(NC(=O)N(C)CCCO)c1nc(C(=O)O)cs1. The first kappa shape index (κ1) is 15.4. The van der Waals surface area contributed by atoms with E-state index in [0.717, 1.165) is 0 Å². The van der Waals surface area contributed by atoms with E-state index in [4.69, 9.17) is 10.2 Å². The molecular formula is C11H17N3O4S. The van der Waals surface area contributed by atoms with E-state index in [2.05, 4.69) is 10.3 Å². The van der Waals surface area contributed by atoms with Crippen LogP contribution in [-0.2, 0) is 0 Å². The minimum Gasteiger partial charge on any atom is -0.476 e. The van der Waals surface area contributed by atoms with Crippen molar-refractivity contribution in [3.8, 4) is 0 Å². The van der Waals surface area contributed by atoms with E-state index >= 15 is 0 Å². The number of aliphatic hydroxyl groups excluding tert-OH is 1. The number of nitrogens with zero attached hydrogens (tertiary/aromatic N) is 2. The molecule has 0 fully saturated rings. The highest BCUT2D eigenvalue weighted by Gasteiger charge is 2.17. The number of carboxylic acids is 1. The third-order valence-electron chi connectivity index (χ3n) is 2.45. The molecule has 0 saturated heterocycles. The molecule has 19 heavy (non-hydrogen) atoms. The van der Waals surface area contributed by atoms with Gasteiger partial charge in [0.25, 0.3) is 0 Å². The largest absolute Gasteiger partial charge is 0.476 e. The minimum absolute atomic E-state index is 0.0188. The van der Waals surface area contributed by atoms with E-state index in [1.54, 1.807) is 14.0 Å². The Morgan fingerprint density at radius 2 is 2.26 bits per heavy atom. The second-order valence-electron chi connectivity index (χ2n) is 4.05. The van der Waals surface area contributed by atoms with Crippen LogP contribution in [0, 0.1) is 0 Å². The summed E-state index contributed by atoms with van der Waals surface area (Å²) in [6.07, 6.45) is 0.513. The summed E-state index contributed by atoms with van der Waals surface area (Å²) in [5.41, 5.74) is -0.0188. The van der Waals surface area contributed by atoms with Gasteiger partial charge in [0, 0.05) is 25.6 Å². The van der Waals surface area contributed by atoms with Crippen LogP contribution < -0.4 is 5.32 Å². The fourth-order valence-corrected chi connectivity index (χ4v) is 2.15. The second kappa shape index (κ2) is 7.05. The highest BCUT2D eigenvalue weighted by Crippen LogP contribution is 2.18. The van der Waals surface area contributed by atoms with Crippen molar-refractivity contribution < 1.29 is 19.8 Å². The summed E-state index contributed by atoms with van der Waals surface area (Å²) < 4.78 is 0. The molecule has 0 radical (unpaired) electrons. The first-order valence-corrected chi connectivity index (χ1v) is 6.65. The van der Waals surface area contributed by atoms with Crippen LogP contribution in [0.1, 0.15) is 34.9 Å². The van der Waals surface area contributed by atoms with Crippen LogP contribution in [-0.4, -0.2) is 52.3 Å². The molecule has 0 bridgehead atoms. The van der Waals surface area contributed by atoms with Gasteiger partial charge in [-0.2, -0.15) is 0 Å². The molecule has 0 saturated carbocycles. The molecule has 106 valence electrons. The summed E-state index contributed by atoms with van der Waals surface area (Å²) in [4.78, 5) is 27.9. The number of carbonyl (C=O) groups excluding carboxylic acids is 1. The lowest BCUT2D eigenvalue weighted by Gasteiger charge is -2.20. The Balaban J connectivity index is 2.55. The summed E-state index contributed by atoms with van der Waals surface area (Å²) in [7, 11) is 1.63. The average molecular weight is 287 g/mol. The van der Waals surface area contributed by atoms with Crippen LogP contribution in [0.25, 0.3) is 0 Å². The molecule has 2 amide bonds. The maximum atomic E-state index is 11.8. The Morgan fingerprint density at radius 3 is 2.79 bits per heavy atom. The molecule has 0 aromatic carbocycles. The molecule has 1 rings (SSSR count). The number of aromatic nitrogens is 1. The number of hydrogen-bond donors (Lipinski definition) is 3. The number of carboxylic acid groups (broad SMARTS) is 1. The van der Waals surface area contributed by atoms with Crippen molar-refractivity contribution in [3.05, 3.63) is 16.1 Å². The number of aromatic carboxylic acids is 1. The van der Waals surface area contributed by atoms with Crippen LogP contribution in [0.5, 0.6) is 0 Å². The minimum atomic E-state index is -1.08. The first-order valence-electron chi connectivity index (χ1n) is 5.77. The molecule has 0 aliphatic rings. The van der Waals surface area contributed by atoms with Crippen molar-refractivity contribution in [2.24, 2.45) is 0 Å². The summed E-state index contributed by atoms with van der Waals surface area (Å²) in [5.74, 6) is -1.08. The lowest BCUT2D eigenvalue weighted by molar-refractivity contribution is 0.0691. The van der Waals surface area contributed by atoms with Crippen LogP contribution in [0.3, 0.4) is 0 Å². The normalized spacial score (nSPS) is 11.9. The molecule has 0 aliphatic heterocycles. The molecule has 0 aliphatic carbocycles. The van der Waals surface area contributed by atoms with E-state index in [1.165, 1.54) is 21.6 Å². The van der Waals surface area contributed by atoms with Gasteiger partial charge in [0.05, 0.1) is 6.04 Å². The number of thiazole rings is 1. The van der Waals surface area contributed by atoms with Crippen molar-refractivity contribution in [3.63, 3.8) is 0 Å². The van der Waals surface area contributed by atoms with Gasteiger partial charge in [-0.15, -0.1) is 11.3 Å². The zero-order valence-electron chi connectivity index (χ0n) is 10.8. The quantitative estimate of drug-likeness (QED) is 0.722. The number of carbonyl (C=O) groups is 2. The number of rotatable bonds is 6. The van der Waals surface area contributed by atoms with E-state index in [9.17, 15) is 9.59 Å². The lowest BCUT2D eigenvalue weighted by atomic mass is 10.3. The zero-order valence-corrected chi connectivity index (χ0v) is 11.6. The summed E-state index contributed by atoms with van der Waals surface area (Å²) in [6, 6.07) is -0.643. The monoisotopic (exact) mass is 287 g/mol. The third kappa shape index (κ3) is 4.49. The Bertz CT molecular complexity index is 449. The Morgan fingerprint density at radius 1 is 1.58 bits per heavy atom. The number of hydrogen-bond acceptors (Lipinski definition) is 5. The molecule has 1 aromatic heterocycles. The average Bonchev–Trinajstić information content (AvgIpc) is 2.85.